The number of hydrogen-bond donors (Lipinski definition) is 2. The maximum absolute atomic E-state index is 14.8. The molecule has 2 aromatic carbocycles. The van der Waals surface area contributed by atoms with Gasteiger partial charge in [0.15, 0.2) is 0 Å². The molecular weight excluding hydrogens is 652 g/mol. The number of carbonyl (C=O) groups is 4. The molecule has 1 spiro atoms. The molecule has 3 saturated heterocycles. The fourth-order valence-electron chi connectivity index (χ4n) is 8.12. The summed E-state index contributed by atoms with van der Waals surface area (Å²) in [5.41, 5.74) is 0.767. The molecule has 13 nitrogen and oxygen atoms in total. The number of amides is 3. The molecule has 1 aromatic heterocycles. The number of allylic oxidation sites excluding steroid dienone is 1. The van der Waals surface area contributed by atoms with E-state index in [1.807, 2.05) is 61.5 Å². The van der Waals surface area contributed by atoms with Gasteiger partial charge in [0.1, 0.15) is 29.9 Å². The lowest BCUT2D eigenvalue weighted by Gasteiger charge is -2.39. The first-order valence-electron chi connectivity index (χ1n) is 17.6. The molecule has 3 aliphatic heterocycles. The summed E-state index contributed by atoms with van der Waals surface area (Å²) in [5.74, 6) is -3.67. The third kappa shape index (κ3) is 6.56. The SMILES string of the molecule is C=CCCC(=O)N[C@@H](C)[C@H](OC(=O)[C@@H]1[C@H]2C(=O)N([C@@H](CC)CO)[C@H](C(=O)N(CC=C)Cn3nnc4ccccc43)[C@]23CC[C@H]1O3)c1ccccc1. The number of benzene rings is 2. The second kappa shape index (κ2) is 15.2. The maximum Gasteiger partial charge on any atom is 0.313 e. The van der Waals surface area contributed by atoms with Crippen molar-refractivity contribution < 1.29 is 33.8 Å². The molecule has 3 aromatic rings. The Morgan fingerprint density at radius 3 is 2.61 bits per heavy atom. The predicted molar refractivity (Wildman–Crippen MR) is 187 cm³/mol. The molecule has 3 aliphatic rings. The van der Waals surface area contributed by atoms with Crippen molar-refractivity contribution in [1.29, 1.82) is 0 Å². The lowest BCUT2D eigenvalue weighted by Crippen LogP contribution is -2.58. The fraction of sp³-hybridized carbons (Fsp3) is 0.474. The van der Waals surface area contributed by atoms with E-state index in [0.717, 1.165) is 5.52 Å². The van der Waals surface area contributed by atoms with Crippen molar-refractivity contribution in [2.24, 2.45) is 11.8 Å². The largest absolute Gasteiger partial charge is 0.455 e. The summed E-state index contributed by atoms with van der Waals surface area (Å²) in [5, 5.41) is 21.9. The molecule has 4 heterocycles. The standard InChI is InChI=1S/C38H46N6O7/c1-5-8-18-30(46)39-24(4)33(25-14-10-9-11-15-25)50-37(49)31-29-19-20-38(51-29)32(31)35(47)44(26(7-3)22-45)34(38)36(48)42(21-6-2)23-43-28-17-13-12-16-27(28)40-41-43/h5-6,9-17,24,26,29,31-34,45H,1-2,7-8,18-23H2,3-4H3,(H,39,46)/t24-,26-,29+,31-,32-,33-,34+,38-/m0/s1. The zero-order valence-corrected chi connectivity index (χ0v) is 29.1. The number of nitrogens with zero attached hydrogens (tertiary/aromatic N) is 5. The second-order valence-electron chi connectivity index (χ2n) is 13.6. The van der Waals surface area contributed by atoms with E-state index < -0.39 is 65.6 Å². The summed E-state index contributed by atoms with van der Waals surface area (Å²) < 4.78 is 14.5. The number of esters is 1. The lowest BCUT2D eigenvalue weighted by molar-refractivity contribution is -0.162. The number of para-hydroxylation sites is 1. The number of rotatable bonds is 16. The van der Waals surface area contributed by atoms with E-state index in [4.69, 9.17) is 9.47 Å². The number of hydrogen-bond acceptors (Lipinski definition) is 9. The first-order chi connectivity index (χ1) is 24.7. The van der Waals surface area contributed by atoms with Gasteiger partial charge in [-0.15, -0.1) is 18.3 Å². The van der Waals surface area contributed by atoms with Gasteiger partial charge in [-0.2, -0.15) is 0 Å². The van der Waals surface area contributed by atoms with Gasteiger partial charge < -0.3 is 29.7 Å². The topological polar surface area (TPSA) is 156 Å². The van der Waals surface area contributed by atoms with Crippen molar-refractivity contribution in [3.63, 3.8) is 0 Å². The highest BCUT2D eigenvalue weighted by Gasteiger charge is 2.75. The molecule has 13 heteroatoms. The summed E-state index contributed by atoms with van der Waals surface area (Å²) in [6, 6.07) is 14.1. The molecule has 0 unspecified atom stereocenters. The molecular formula is C38H46N6O7. The minimum atomic E-state index is -1.32. The van der Waals surface area contributed by atoms with Crippen molar-refractivity contribution in [2.45, 2.75) is 88.6 Å². The van der Waals surface area contributed by atoms with Gasteiger partial charge >= 0.3 is 5.97 Å². The molecule has 270 valence electrons. The molecule has 8 atom stereocenters. The van der Waals surface area contributed by atoms with Crippen LogP contribution in [-0.4, -0.2) is 96.6 Å². The van der Waals surface area contributed by atoms with Crippen LogP contribution < -0.4 is 5.32 Å². The average molecular weight is 699 g/mol. The van der Waals surface area contributed by atoms with Crippen LogP contribution >= 0.6 is 0 Å². The number of aliphatic hydroxyl groups is 1. The Labute approximate surface area is 297 Å². The number of carbonyl (C=O) groups excluding carboxylic acids is 4. The number of fused-ring (bicyclic) bond motifs is 2. The second-order valence-corrected chi connectivity index (χ2v) is 13.6. The summed E-state index contributed by atoms with van der Waals surface area (Å²) >= 11 is 0. The van der Waals surface area contributed by atoms with Crippen LogP contribution in [0.4, 0.5) is 0 Å². The van der Waals surface area contributed by atoms with Crippen LogP contribution in [0.15, 0.2) is 79.9 Å². The zero-order chi connectivity index (χ0) is 36.3. The van der Waals surface area contributed by atoms with E-state index in [2.05, 4.69) is 28.8 Å². The molecule has 51 heavy (non-hydrogen) atoms. The molecule has 0 aliphatic carbocycles. The lowest BCUT2D eigenvalue weighted by atomic mass is 9.70. The van der Waals surface area contributed by atoms with E-state index in [0.29, 0.717) is 36.8 Å². The fourth-order valence-corrected chi connectivity index (χ4v) is 8.12. The van der Waals surface area contributed by atoms with Gasteiger partial charge in [-0.25, -0.2) is 4.68 Å². The van der Waals surface area contributed by atoms with E-state index in [1.165, 1.54) is 4.90 Å². The third-order valence-electron chi connectivity index (χ3n) is 10.5. The van der Waals surface area contributed by atoms with E-state index >= 15 is 0 Å². The molecule has 0 radical (unpaired) electrons. The molecule has 3 fully saturated rings. The summed E-state index contributed by atoms with van der Waals surface area (Å²) in [4.78, 5) is 59.4. The van der Waals surface area contributed by atoms with Gasteiger partial charge in [0.05, 0.1) is 42.1 Å². The number of aromatic nitrogens is 3. The van der Waals surface area contributed by atoms with Gasteiger partial charge in [-0.05, 0) is 50.3 Å². The number of likely N-dealkylation sites (tertiary alicyclic amines) is 1. The first kappa shape index (κ1) is 35.9. The molecule has 2 bridgehead atoms. The van der Waals surface area contributed by atoms with Crippen LogP contribution in [0, 0.1) is 11.8 Å². The van der Waals surface area contributed by atoms with Crippen LogP contribution in [0.5, 0.6) is 0 Å². The minimum absolute atomic E-state index is 0.0324. The van der Waals surface area contributed by atoms with Crippen molar-refractivity contribution >= 4 is 34.7 Å². The normalized spacial score (nSPS) is 25.2. The Hall–Kier alpha value is -4.88. The van der Waals surface area contributed by atoms with Crippen LogP contribution in [0.3, 0.4) is 0 Å². The highest BCUT2D eigenvalue weighted by molar-refractivity contribution is 5.98. The average Bonchev–Trinajstić information content (AvgIpc) is 3.90. The van der Waals surface area contributed by atoms with Gasteiger partial charge in [0.25, 0.3) is 0 Å². The molecule has 6 rings (SSSR count). The molecule has 2 N–H and O–H groups in total. The van der Waals surface area contributed by atoms with Gasteiger partial charge in [0.2, 0.25) is 17.7 Å². The molecule has 3 amide bonds. The van der Waals surface area contributed by atoms with Crippen molar-refractivity contribution in [2.75, 3.05) is 13.2 Å². The number of ether oxygens (including phenoxy) is 2. The number of aliphatic hydroxyl groups excluding tert-OH is 1. The Kier molecular flexibility index (Phi) is 10.7. The van der Waals surface area contributed by atoms with Crippen LogP contribution in [-0.2, 0) is 35.3 Å². The van der Waals surface area contributed by atoms with Gasteiger partial charge in [-0.3, -0.25) is 19.2 Å². The predicted octanol–water partition coefficient (Wildman–Crippen LogP) is 3.30. The van der Waals surface area contributed by atoms with Gasteiger partial charge in [-0.1, -0.05) is 66.8 Å². The van der Waals surface area contributed by atoms with E-state index in [1.54, 1.807) is 28.7 Å². The van der Waals surface area contributed by atoms with E-state index in [-0.39, 0.29) is 32.1 Å². The summed E-state index contributed by atoms with van der Waals surface area (Å²) in [6.07, 6.45) is 3.69. The van der Waals surface area contributed by atoms with Crippen molar-refractivity contribution in [3.8, 4) is 0 Å². The highest BCUT2D eigenvalue weighted by Crippen LogP contribution is 2.59. The van der Waals surface area contributed by atoms with Crippen LogP contribution in [0.2, 0.25) is 0 Å². The first-order valence-corrected chi connectivity index (χ1v) is 17.6. The van der Waals surface area contributed by atoms with Crippen molar-refractivity contribution in [3.05, 3.63) is 85.5 Å². The quantitative estimate of drug-likeness (QED) is 0.169. The van der Waals surface area contributed by atoms with Crippen LogP contribution in [0.25, 0.3) is 11.0 Å². The van der Waals surface area contributed by atoms with Gasteiger partial charge in [0, 0.05) is 13.0 Å². The summed E-state index contributed by atoms with van der Waals surface area (Å²) in [7, 11) is 0. The number of nitrogens with one attached hydrogen (secondary N) is 1. The summed E-state index contributed by atoms with van der Waals surface area (Å²) in [6.45, 7) is 11.0. The Bertz CT molecular complexity index is 1780. The van der Waals surface area contributed by atoms with Crippen molar-refractivity contribution in [1.82, 2.24) is 30.1 Å². The van der Waals surface area contributed by atoms with Crippen LogP contribution in [0.1, 0.15) is 57.6 Å². The Balaban J connectivity index is 1.32. The third-order valence-corrected chi connectivity index (χ3v) is 10.5. The van der Waals surface area contributed by atoms with E-state index in [9.17, 15) is 24.3 Å². The Morgan fingerprint density at radius 2 is 1.90 bits per heavy atom. The highest BCUT2D eigenvalue weighted by atomic mass is 16.6. The smallest absolute Gasteiger partial charge is 0.313 e. The monoisotopic (exact) mass is 698 g/mol. The minimum Gasteiger partial charge on any atom is -0.455 e. The maximum atomic E-state index is 14.8. The Morgan fingerprint density at radius 1 is 1.16 bits per heavy atom. The molecule has 0 saturated carbocycles. The zero-order valence-electron chi connectivity index (χ0n) is 29.1.